The number of nitrogens with one attached hydrogen (secondary N) is 1. The topological polar surface area (TPSA) is 38.3 Å². The van der Waals surface area contributed by atoms with Crippen molar-refractivity contribution >= 4 is 5.97 Å². The van der Waals surface area contributed by atoms with E-state index in [-0.39, 0.29) is 18.1 Å². The van der Waals surface area contributed by atoms with Crippen LogP contribution in [0, 0.1) is 0 Å². The van der Waals surface area contributed by atoms with Crippen LogP contribution in [0.1, 0.15) is 37.4 Å². The molecule has 1 N–H and O–H groups in total. The Labute approximate surface area is 132 Å². The van der Waals surface area contributed by atoms with Gasteiger partial charge in [-0.15, -0.1) is 0 Å². The molecule has 0 aliphatic heterocycles. The maximum atomic E-state index is 11.9. The van der Waals surface area contributed by atoms with Crippen LogP contribution >= 0.6 is 0 Å². The maximum Gasteiger partial charge on any atom is 0.307 e. The van der Waals surface area contributed by atoms with E-state index in [9.17, 15) is 4.79 Å². The summed E-state index contributed by atoms with van der Waals surface area (Å²) in [5.74, 6) is -0.177. The lowest BCUT2D eigenvalue weighted by Gasteiger charge is -2.19. The van der Waals surface area contributed by atoms with Crippen LogP contribution in [0.2, 0.25) is 0 Å². The molecule has 0 aliphatic carbocycles. The van der Waals surface area contributed by atoms with Crippen molar-refractivity contribution in [2.75, 3.05) is 0 Å². The largest absolute Gasteiger partial charge is 0.461 e. The van der Waals surface area contributed by atoms with Gasteiger partial charge in [0.2, 0.25) is 0 Å². The van der Waals surface area contributed by atoms with Gasteiger partial charge in [0.25, 0.3) is 0 Å². The van der Waals surface area contributed by atoms with E-state index in [4.69, 9.17) is 4.74 Å². The molecule has 22 heavy (non-hydrogen) atoms. The summed E-state index contributed by atoms with van der Waals surface area (Å²) in [6.45, 7) is 4.44. The molecule has 3 heteroatoms. The van der Waals surface area contributed by atoms with Crippen molar-refractivity contribution < 1.29 is 9.53 Å². The first-order valence-electron chi connectivity index (χ1n) is 7.65. The number of esters is 1. The van der Waals surface area contributed by atoms with E-state index < -0.39 is 0 Å². The predicted molar refractivity (Wildman–Crippen MR) is 88.3 cm³/mol. The Balaban J connectivity index is 1.74. The Morgan fingerprint density at radius 2 is 1.59 bits per heavy atom. The summed E-state index contributed by atoms with van der Waals surface area (Å²) < 4.78 is 5.31. The van der Waals surface area contributed by atoms with E-state index >= 15 is 0 Å². The van der Waals surface area contributed by atoms with Gasteiger partial charge in [0.1, 0.15) is 6.61 Å². The fourth-order valence-corrected chi connectivity index (χ4v) is 2.37. The minimum Gasteiger partial charge on any atom is -0.461 e. The van der Waals surface area contributed by atoms with Crippen molar-refractivity contribution in [2.45, 2.75) is 39.0 Å². The van der Waals surface area contributed by atoms with E-state index in [1.807, 2.05) is 55.5 Å². The number of carbonyl (C=O) groups excluding carboxylic acids is 1. The first-order valence-corrected chi connectivity index (χ1v) is 7.65. The van der Waals surface area contributed by atoms with Crippen molar-refractivity contribution in [3.63, 3.8) is 0 Å². The summed E-state index contributed by atoms with van der Waals surface area (Å²) in [7, 11) is 0. The highest BCUT2D eigenvalue weighted by Gasteiger charge is 2.13. The smallest absolute Gasteiger partial charge is 0.307 e. The monoisotopic (exact) mass is 297 g/mol. The Hall–Kier alpha value is -2.13. The van der Waals surface area contributed by atoms with Gasteiger partial charge in [-0.05, 0) is 25.0 Å². The van der Waals surface area contributed by atoms with Crippen molar-refractivity contribution in [1.29, 1.82) is 0 Å². The fourth-order valence-electron chi connectivity index (χ4n) is 2.37. The van der Waals surface area contributed by atoms with Crippen LogP contribution in [-0.4, -0.2) is 12.0 Å². The molecule has 2 aromatic carbocycles. The molecule has 116 valence electrons. The summed E-state index contributed by atoms with van der Waals surface area (Å²) in [5, 5.41) is 3.42. The van der Waals surface area contributed by atoms with Crippen LogP contribution in [-0.2, 0) is 16.1 Å². The zero-order valence-electron chi connectivity index (χ0n) is 13.2. The molecule has 0 aliphatic rings. The lowest BCUT2D eigenvalue weighted by atomic mass is 10.1. The fraction of sp³-hybridized carbons (Fsp3) is 0.316. The number of hydrogen-bond donors (Lipinski definition) is 1. The molecule has 3 nitrogen and oxygen atoms in total. The molecule has 2 rings (SSSR count). The van der Waals surface area contributed by atoms with Gasteiger partial charge in [-0.2, -0.15) is 0 Å². The highest BCUT2D eigenvalue weighted by Crippen LogP contribution is 2.13. The van der Waals surface area contributed by atoms with Crippen molar-refractivity contribution in [3.8, 4) is 0 Å². The van der Waals surface area contributed by atoms with Gasteiger partial charge in [-0.1, -0.05) is 60.7 Å². The molecule has 0 amide bonds. The molecule has 0 heterocycles. The number of benzene rings is 2. The minimum absolute atomic E-state index is 0.0680. The third kappa shape index (κ3) is 5.34. The highest BCUT2D eigenvalue weighted by molar-refractivity contribution is 5.70. The molecule has 0 radical (unpaired) electrons. The third-order valence-corrected chi connectivity index (χ3v) is 3.55. The molecule has 2 atom stereocenters. The summed E-state index contributed by atoms with van der Waals surface area (Å²) in [6.07, 6.45) is 0.365. The van der Waals surface area contributed by atoms with Gasteiger partial charge in [0.15, 0.2) is 0 Å². The Kier molecular flexibility index (Phi) is 6.16. The second-order valence-electron chi connectivity index (χ2n) is 5.55. The van der Waals surface area contributed by atoms with Gasteiger partial charge >= 0.3 is 5.97 Å². The highest BCUT2D eigenvalue weighted by atomic mass is 16.5. The van der Waals surface area contributed by atoms with E-state index in [1.54, 1.807) is 0 Å². The van der Waals surface area contributed by atoms with Crippen LogP contribution in [0.15, 0.2) is 60.7 Å². The molecule has 0 spiro atoms. The SMILES string of the molecule is C[C@H](CC(=O)OCc1ccccc1)N[C@H](C)c1ccccc1. The lowest BCUT2D eigenvalue weighted by molar-refractivity contribution is -0.145. The molecule has 0 bridgehead atoms. The number of carbonyl (C=O) groups is 1. The van der Waals surface area contributed by atoms with Crippen LogP contribution in [0.5, 0.6) is 0 Å². The summed E-state index contributed by atoms with van der Waals surface area (Å²) in [4.78, 5) is 11.9. The Morgan fingerprint density at radius 1 is 1.00 bits per heavy atom. The molecule has 0 saturated carbocycles. The van der Waals surface area contributed by atoms with Crippen molar-refractivity contribution in [1.82, 2.24) is 5.32 Å². The van der Waals surface area contributed by atoms with Gasteiger partial charge in [-0.3, -0.25) is 4.79 Å². The zero-order valence-corrected chi connectivity index (χ0v) is 13.2. The normalized spacial score (nSPS) is 13.4. The minimum atomic E-state index is -0.177. The van der Waals surface area contributed by atoms with E-state index in [0.717, 1.165) is 5.56 Å². The van der Waals surface area contributed by atoms with Crippen LogP contribution < -0.4 is 5.32 Å². The van der Waals surface area contributed by atoms with Gasteiger partial charge in [0, 0.05) is 12.1 Å². The Morgan fingerprint density at radius 3 is 2.23 bits per heavy atom. The summed E-state index contributed by atoms with van der Waals surface area (Å²) in [5.41, 5.74) is 2.22. The second-order valence-corrected chi connectivity index (χ2v) is 5.55. The Bertz CT molecular complexity index is 569. The number of rotatable bonds is 7. The van der Waals surface area contributed by atoms with Gasteiger partial charge in [0.05, 0.1) is 6.42 Å². The number of ether oxygens (including phenoxy) is 1. The molecule has 0 saturated heterocycles. The van der Waals surface area contributed by atoms with E-state index in [1.165, 1.54) is 5.56 Å². The molecular formula is C19H23NO2. The second kappa shape index (κ2) is 8.35. The predicted octanol–water partition coefficient (Wildman–Crippen LogP) is 3.86. The quantitative estimate of drug-likeness (QED) is 0.789. The zero-order chi connectivity index (χ0) is 15.8. The van der Waals surface area contributed by atoms with Gasteiger partial charge < -0.3 is 10.1 Å². The summed E-state index contributed by atoms with van der Waals surface area (Å²) >= 11 is 0. The molecule has 0 unspecified atom stereocenters. The van der Waals surface area contributed by atoms with Crippen molar-refractivity contribution in [3.05, 3.63) is 71.8 Å². The van der Waals surface area contributed by atoms with Crippen LogP contribution in [0.25, 0.3) is 0 Å². The molecule has 0 aromatic heterocycles. The maximum absolute atomic E-state index is 11.9. The van der Waals surface area contributed by atoms with Crippen molar-refractivity contribution in [2.24, 2.45) is 0 Å². The number of hydrogen-bond acceptors (Lipinski definition) is 3. The third-order valence-electron chi connectivity index (χ3n) is 3.55. The van der Waals surface area contributed by atoms with E-state index in [2.05, 4.69) is 24.4 Å². The average Bonchev–Trinajstić information content (AvgIpc) is 2.54. The molecule has 2 aromatic rings. The summed E-state index contributed by atoms with van der Waals surface area (Å²) in [6, 6.07) is 20.2. The molecule has 0 fully saturated rings. The van der Waals surface area contributed by atoms with Crippen LogP contribution in [0.4, 0.5) is 0 Å². The standard InChI is InChI=1S/C19H23NO2/c1-15(20-16(2)18-11-7-4-8-12-18)13-19(21)22-14-17-9-5-3-6-10-17/h3-12,15-16,20H,13-14H2,1-2H3/t15-,16-/m1/s1. The molecular weight excluding hydrogens is 274 g/mol. The van der Waals surface area contributed by atoms with Crippen LogP contribution in [0.3, 0.4) is 0 Å². The average molecular weight is 297 g/mol. The first kappa shape index (κ1) is 16.2. The van der Waals surface area contributed by atoms with Gasteiger partial charge in [-0.25, -0.2) is 0 Å². The first-order chi connectivity index (χ1) is 10.6. The van der Waals surface area contributed by atoms with E-state index in [0.29, 0.717) is 13.0 Å². The lowest BCUT2D eigenvalue weighted by Crippen LogP contribution is -2.31.